The quantitative estimate of drug-likeness (QED) is 0.845. The van der Waals surface area contributed by atoms with E-state index in [4.69, 9.17) is 16.3 Å². The summed E-state index contributed by atoms with van der Waals surface area (Å²) in [6.45, 7) is 6.75. The van der Waals surface area contributed by atoms with Gasteiger partial charge in [-0.2, -0.15) is 0 Å². The van der Waals surface area contributed by atoms with Crippen LogP contribution in [-0.2, 0) is 4.79 Å². The Balaban J connectivity index is 1.77. The number of amides is 1. The van der Waals surface area contributed by atoms with Gasteiger partial charge >= 0.3 is 0 Å². The first-order chi connectivity index (χ1) is 9.19. The highest BCUT2D eigenvalue weighted by Gasteiger charge is 2.20. The van der Waals surface area contributed by atoms with E-state index in [1.54, 1.807) is 24.3 Å². The summed E-state index contributed by atoms with van der Waals surface area (Å²) in [6.07, 6.45) is 0. The highest BCUT2D eigenvalue weighted by molar-refractivity contribution is 6.30. The molecule has 19 heavy (non-hydrogen) atoms. The molecule has 1 aliphatic rings. The summed E-state index contributed by atoms with van der Waals surface area (Å²) < 4.78 is 5.47. The molecule has 0 N–H and O–H groups in total. The average molecular weight is 283 g/mol. The number of rotatable bonds is 4. The first-order valence-electron chi connectivity index (χ1n) is 6.57. The summed E-state index contributed by atoms with van der Waals surface area (Å²) in [5, 5.41) is 0.661. The summed E-state index contributed by atoms with van der Waals surface area (Å²) in [5.41, 5.74) is 0. The zero-order valence-electron chi connectivity index (χ0n) is 11.1. The first kappa shape index (κ1) is 14.2. The molecule has 0 radical (unpaired) electrons. The van der Waals surface area contributed by atoms with Crippen LogP contribution in [0.4, 0.5) is 0 Å². The van der Waals surface area contributed by atoms with Crippen LogP contribution in [0, 0.1) is 0 Å². The van der Waals surface area contributed by atoms with Gasteiger partial charge in [0, 0.05) is 31.2 Å². The van der Waals surface area contributed by atoms with Gasteiger partial charge in [0.2, 0.25) is 0 Å². The maximum atomic E-state index is 12.0. The highest BCUT2D eigenvalue weighted by atomic mass is 35.5. The van der Waals surface area contributed by atoms with Crippen LogP contribution in [0.25, 0.3) is 0 Å². The van der Waals surface area contributed by atoms with Crippen molar-refractivity contribution >= 4 is 17.5 Å². The van der Waals surface area contributed by atoms with Gasteiger partial charge in [-0.3, -0.25) is 4.79 Å². The van der Waals surface area contributed by atoms with Gasteiger partial charge in [0.05, 0.1) is 0 Å². The fraction of sp³-hybridized carbons (Fsp3) is 0.500. The zero-order valence-corrected chi connectivity index (χ0v) is 11.9. The summed E-state index contributed by atoms with van der Waals surface area (Å²) in [6, 6.07) is 7.04. The van der Waals surface area contributed by atoms with E-state index in [0.29, 0.717) is 10.8 Å². The second kappa shape index (κ2) is 6.78. The molecule has 1 aromatic rings. The number of likely N-dealkylation sites (N-methyl/N-ethyl adjacent to an activating group) is 1. The summed E-state index contributed by atoms with van der Waals surface area (Å²) in [7, 11) is 0. The zero-order chi connectivity index (χ0) is 13.7. The Kier molecular flexibility index (Phi) is 5.05. The van der Waals surface area contributed by atoms with E-state index < -0.39 is 0 Å². The average Bonchev–Trinajstić information content (AvgIpc) is 2.46. The summed E-state index contributed by atoms with van der Waals surface area (Å²) >= 11 is 5.79. The van der Waals surface area contributed by atoms with E-state index in [-0.39, 0.29) is 12.5 Å². The number of benzene rings is 1. The lowest BCUT2D eigenvalue weighted by molar-refractivity contribution is -0.135. The van der Waals surface area contributed by atoms with Crippen LogP contribution in [0.3, 0.4) is 0 Å². The smallest absolute Gasteiger partial charge is 0.260 e. The Labute approximate surface area is 118 Å². The molecular formula is C14H19ClN2O2. The molecule has 0 atom stereocenters. The molecule has 1 aliphatic heterocycles. The molecule has 5 heteroatoms. The highest BCUT2D eigenvalue weighted by Crippen LogP contribution is 2.15. The Morgan fingerprint density at radius 3 is 2.42 bits per heavy atom. The molecule has 104 valence electrons. The molecule has 1 amide bonds. The summed E-state index contributed by atoms with van der Waals surface area (Å²) in [5.74, 6) is 0.718. The Hall–Kier alpha value is -1.26. The van der Waals surface area contributed by atoms with Crippen molar-refractivity contribution in [2.75, 3.05) is 39.3 Å². The number of carbonyl (C=O) groups is 1. The number of halogens is 1. The third kappa shape index (κ3) is 4.11. The fourth-order valence-electron chi connectivity index (χ4n) is 2.08. The first-order valence-corrected chi connectivity index (χ1v) is 6.95. The van der Waals surface area contributed by atoms with Crippen LogP contribution in [-0.4, -0.2) is 55.0 Å². The van der Waals surface area contributed by atoms with Crippen LogP contribution in [0.1, 0.15) is 6.92 Å². The molecule has 1 heterocycles. The SMILES string of the molecule is CCN1CCN(C(=O)COc2ccc(Cl)cc2)CC1. The monoisotopic (exact) mass is 282 g/mol. The van der Waals surface area contributed by atoms with Gasteiger partial charge in [-0.05, 0) is 30.8 Å². The second-order valence-corrected chi connectivity index (χ2v) is 4.99. The van der Waals surface area contributed by atoms with Crippen molar-refractivity contribution in [1.29, 1.82) is 0 Å². The lowest BCUT2D eigenvalue weighted by atomic mass is 10.3. The maximum absolute atomic E-state index is 12.0. The fourth-order valence-corrected chi connectivity index (χ4v) is 2.21. The molecule has 1 fully saturated rings. The van der Waals surface area contributed by atoms with Crippen molar-refractivity contribution in [3.05, 3.63) is 29.3 Å². The maximum Gasteiger partial charge on any atom is 0.260 e. The standard InChI is InChI=1S/C14H19ClN2O2/c1-2-16-7-9-17(10-8-16)14(18)11-19-13-5-3-12(15)4-6-13/h3-6H,2,7-11H2,1H3. The Morgan fingerprint density at radius 1 is 1.21 bits per heavy atom. The molecule has 1 aromatic carbocycles. The lowest BCUT2D eigenvalue weighted by Crippen LogP contribution is -2.49. The largest absolute Gasteiger partial charge is 0.484 e. The van der Waals surface area contributed by atoms with Crippen molar-refractivity contribution in [1.82, 2.24) is 9.80 Å². The van der Waals surface area contributed by atoms with Crippen molar-refractivity contribution in [2.45, 2.75) is 6.92 Å². The van der Waals surface area contributed by atoms with Crippen LogP contribution in [0.2, 0.25) is 5.02 Å². The molecule has 4 nitrogen and oxygen atoms in total. The van der Waals surface area contributed by atoms with Crippen LogP contribution >= 0.6 is 11.6 Å². The van der Waals surface area contributed by atoms with E-state index in [1.807, 2.05) is 4.90 Å². The van der Waals surface area contributed by atoms with Gasteiger partial charge in [0.15, 0.2) is 6.61 Å². The Bertz CT molecular complexity index is 414. The molecule has 0 spiro atoms. The van der Waals surface area contributed by atoms with Gasteiger partial charge in [-0.1, -0.05) is 18.5 Å². The van der Waals surface area contributed by atoms with Crippen molar-refractivity contribution in [3.8, 4) is 5.75 Å². The molecule has 0 unspecified atom stereocenters. The predicted molar refractivity (Wildman–Crippen MR) is 75.6 cm³/mol. The van der Waals surface area contributed by atoms with E-state index >= 15 is 0 Å². The van der Waals surface area contributed by atoms with Gasteiger partial charge in [0.25, 0.3) is 5.91 Å². The summed E-state index contributed by atoms with van der Waals surface area (Å²) in [4.78, 5) is 16.2. The van der Waals surface area contributed by atoms with Crippen molar-refractivity contribution < 1.29 is 9.53 Å². The number of hydrogen-bond acceptors (Lipinski definition) is 3. The number of ether oxygens (including phenoxy) is 1. The van der Waals surface area contributed by atoms with E-state index in [1.165, 1.54) is 0 Å². The number of carbonyl (C=O) groups excluding carboxylic acids is 1. The number of piperazine rings is 1. The topological polar surface area (TPSA) is 32.8 Å². The molecular weight excluding hydrogens is 264 g/mol. The number of hydrogen-bond donors (Lipinski definition) is 0. The van der Waals surface area contributed by atoms with Crippen molar-refractivity contribution in [2.24, 2.45) is 0 Å². The third-order valence-corrected chi connectivity index (χ3v) is 3.60. The lowest BCUT2D eigenvalue weighted by Gasteiger charge is -2.33. The minimum Gasteiger partial charge on any atom is -0.484 e. The second-order valence-electron chi connectivity index (χ2n) is 4.56. The number of nitrogens with zero attached hydrogens (tertiary/aromatic N) is 2. The molecule has 0 aliphatic carbocycles. The van der Waals surface area contributed by atoms with Gasteiger partial charge in [-0.15, -0.1) is 0 Å². The van der Waals surface area contributed by atoms with Gasteiger partial charge in [-0.25, -0.2) is 0 Å². The van der Waals surface area contributed by atoms with Crippen LogP contribution < -0.4 is 4.74 Å². The van der Waals surface area contributed by atoms with Gasteiger partial charge in [0.1, 0.15) is 5.75 Å². The molecule has 0 bridgehead atoms. The molecule has 1 saturated heterocycles. The van der Waals surface area contributed by atoms with E-state index in [0.717, 1.165) is 32.7 Å². The molecule has 0 saturated carbocycles. The van der Waals surface area contributed by atoms with E-state index in [9.17, 15) is 4.79 Å². The van der Waals surface area contributed by atoms with E-state index in [2.05, 4.69) is 11.8 Å². The molecule has 2 rings (SSSR count). The third-order valence-electron chi connectivity index (χ3n) is 3.35. The van der Waals surface area contributed by atoms with Crippen LogP contribution in [0.5, 0.6) is 5.75 Å². The molecule has 0 aromatic heterocycles. The minimum atomic E-state index is 0.0469. The minimum absolute atomic E-state index is 0.0469. The van der Waals surface area contributed by atoms with Gasteiger partial charge < -0.3 is 14.5 Å². The predicted octanol–water partition coefficient (Wildman–Crippen LogP) is 1.88. The Morgan fingerprint density at radius 2 is 1.84 bits per heavy atom. The van der Waals surface area contributed by atoms with Crippen LogP contribution in [0.15, 0.2) is 24.3 Å². The normalized spacial score (nSPS) is 16.4. The van der Waals surface area contributed by atoms with Crippen molar-refractivity contribution in [3.63, 3.8) is 0 Å².